The van der Waals surface area contributed by atoms with Crippen LogP contribution in [0.5, 0.6) is 28.7 Å². The molecular weight excluding hydrogens is 408 g/mol. The molecule has 2 aromatic carbocycles. The molecule has 2 aromatic rings. The molecule has 0 radical (unpaired) electrons. The first kappa shape index (κ1) is 24.6. The van der Waals surface area contributed by atoms with E-state index in [4.69, 9.17) is 4.74 Å². The fraction of sp³-hybridized carbons (Fsp3) is 0.269. The van der Waals surface area contributed by atoms with Gasteiger partial charge in [0.15, 0.2) is 5.78 Å². The smallest absolute Gasteiger partial charge is 0.193 e. The van der Waals surface area contributed by atoms with Crippen LogP contribution in [-0.4, -0.2) is 33.3 Å². The van der Waals surface area contributed by atoms with Crippen molar-refractivity contribution < 1.29 is 30.0 Å². The van der Waals surface area contributed by atoms with Crippen LogP contribution < -0.4 is 4.74 Å². The Morgan fingerprint density at radius 1 is 1.06 bits per heavy atom. The second-order valence-corrected chi connectivity index (χ2v) is 8.05. The van der Waals surface area contributed by atoms with E-state index in [-0.39, 0.29) is 45.8 Å². The lowest BCUT2D eigenvalue weighted by Crippen LogP contribution is -2.08. The molecule has 0 aliphatic rings. The minimum absolute atomic E-state index is 0.0355. The molecule has 6 nitrogen and oxygen atoms in total. The van der Waals surface area contributed by atoms with Gasteiger partial charge in [0.1, 0.15) is 34.3 Å². The van der Waals surface area contributed by atoms with E-state index in [1.807, 2.05) is 20.8 Å². The van der Waals surface area contributed by atoms with Gasteiger partial charge < -0.3 is 25.2 Å². The van der Waals surface area contributed by atoms with Crippen LogP contribution in [0.2, 0.25) is 0 Å². The van der Waals surface area contributed by atoms with E-state index in [0.717, 1.165) is 11.1 Å². The Morgan fingerprint density at radius 2 is 1.69 bits per heavy atom. The third-order valence-corrected chi connectivity index (χ3v) is 5.12. The number of ether oxygens (including phenoxy) is 1. The van der Waals surface area contributed by atoms with Crippen LogP contribution in [0.1, 0.15) is 48.7 Å². The van der Waals surface area contributed by atoms with Crippen molar-refractivity contribution in [3.8, 4) is 28.7 Å². The highest BCUT2D eigenvalue weighted by atomic mass is 16.5. The highest BCUT2D eigenvalue weighted by Crippen LogP contribution is 2.41. The molecule has 0 heterocycles. The summed E-state index contributed by atoms with van der Waals surface area (Å²) in [5, 5.41) is 40.6. The number of benzene rings is 2. The minimum atomic E-state index is -0.556. The molecule has 6 heteroatoms. The molecule has 0 saturated carbocycles. The summed E-state index contributed by atoms with van der Waals surface area (Å²) in [5.74, 6) is -1.37. The molecule has 0 aliphatic heterocycles. The average Bonchev–Trinajstić information content (AvgIpc) is 2.69. The van der Waals surface area contributed by atoms with Crippen LogP contribution in [0, 0.1) is 5.92 Å². The molecule has 4 N–H and O–H groups in total. The number of hydrogen-bond donors (Lipinski definition) is 4. The number of methoxy groups -OCH3 is 1. The van der Waals surface area contributed by atoms with Gasteiger partial charge in [0.05, 0.1) is 7.11 Å². The van der Waals surface area contributed by atoms with Crippen LogP contribution in [0.3, 0.4) is 0 Å². The summed E-state index contributed by atoms with van der Waals surface area (Å²) < 4.78 is 5.22. The quantitative estimate of drug-likeness (QED) is 0.234. The second-order valence-electron chi connectivity index (χ2n) is 8.05. The zero-order valence-corrected chi connectivity index (χ0v) is 18.8. The Hall–Kier alpha value is -3.67. The third kappa shape index (κ3) is 6.17. The number of phenolic OH excluding ortho intramolecular Hbond substituents is 4. The number of hydrogen-bond acceptors (Lipinski definition) is 6. The first-order valence-corrected chi connectivity index (χ1v) is 10.2. The van der Waals surface area contributed by atoms with E-state index < -0.39 is 5.78 Å². The van der Waals surface area contributed by atoms with Gasteiger partial charge in [0.25, 0.3) is 0 Å². The molecule has 0 saturated heterocycles. The normalized spacial score (nSPS) is 11.9. The van der Waals surface area contributed by atoms with Gasteiger partial charge in [-0.25, -0.2) is 0 Å². The second kappa shape index (κ2) is 10.6. The lowest BCUT2D eigenvalue weighted by Gasteiger charge is -2.19. The number of carbonyl (C=O) groups is 1. The van der Waals surface area contributed by atoms with Gasteiger partial charge in [-0.15, -0.1) is 0 Å². The minimum Gasteiger partial charge on any atom is -0.508 e. The third-order valence-electron chi connectivity index (χ3n) is 5.12. The molecule has 0 bridgehead atoms. The molecule has 0 aromatic heterocycles. The highest BCUT2D eigenvalue weighted by Gasteiger charge is 2.24. The summed E-state index contributed by atoms with van der Waals surface area (Å²) in [6.07, 6.45) is 5.65. The lowest BCUT2D eigenvalue weighted by molar-refractivity contribution is 0.104. The molecule has 0 spiro atoms. The van der Waals surface area contributed by atoms with Crippen molar-refractivity contribution >= 4 is 11.9 Å². The first-order valence-electron chi connectivity index (χ1n) is 10.2. The Balaban J connectivity index is 2.46. The van der Waals surface area contributed by atoms with Crippen LogP contribution in [0.25, 0.3) is 6.08 Å². The first-order chi connectivity index (χ1) is 15.0. The van der Waals surface area contributed by atoms with Gasteiger partial charge >= 0.3 is 0 Å². The number of rotatable bonds is 9. The fourth-order valence-electron chi connectivity index (χ4n) is 3.33. The molecule has 0 fully saturated rings. The highest BCUT2D eigenvalue weighted by molar-refractivity contribution is 6.11. The summed E-state index contributed by atoms with van der Waals surface area (Å²) in [6, 6.07) is 5.24. The van der Waals surface area contributed by atoms with Crippen molar-refractivity contribution in [1.29, 1.82) is 0 Å². The maximum absolute atomic E-state index is 12.9. The molecule has 2 rings (SSSR count). The van der Waals surface area contributed by atoms with Crippen molar-refractivity contribution in [3.63, 3.8) is 0 Å². The van der Waals surface area contributed by atoms with Crippen LogP contribution in [-0.2, 0) is 6.42 Å². The number of ketones is 1. The number of aromatic hydroxyl groups is 4. The molecule has 170 valence electrons. The monoisotopic (exact) mass is 438 g/mol. The predicted molar refractivity (Wildman–Crippen MR) is 126 cm³/mol. The average molecular weight is 439 g/mol. The Morgan fingerprint density at radius 3 is 2.22 bits per heavy atom. The van der Waals surface area contributed by atoms with Gasteiger partial charge in [-0.05, 0) is 63.3 Å². The number of phenols is 4. The van der Waals surface area contributed by atoms with E-state index in [2.05, 4.69) is 12.7 Å². The molecule has 1 unspecified atom stereocenters. The van der Waals surface area contributed by atoms with E-state index >= 15 is 0 Å². The van der Waals surface area contributed by atoms with E-state index in [9.17, 15) is 25.2 Å². The van der Waals surface area contributed by atoms with Gasteiger partial charge in [-0.3, -0.25) is 4.79 Å². The predicted octanol–water partition coefficient (Wildman–Crippen LogP) is 5.50. The summed E-state index contributed by atoms with van der Waals surface area (Å²) >= 11 is 0. The lowest BCUT2D eigenvalue weighted by atomic mass is 9.88. The van der Waals surface area contributed by atoms with E-state index in [0.29, 0.717) is 18.4 Å². The van der Waals surface area contributed by atoms with Crippen molar-refractivity contribution in [2.24, 2.45) is 5.92 Å². The van der Waals surface area contributed by atoms with Crippen LogP contribution in [0.4, 0.5) is 0 Å². The zero-order chi connectivity index (χ0) is 24.0. The van der Waals surface area contributed by atoms with E-state index in [1.54, 1.807) is 0 Å². The summed E-state index contributed by atoms with van der Waals surface area (Å²) in [7, 11) is 1.34. The topological polar surface area (TPSA) is 107 Å². The van der Waals surface area contributed by atoms with Crippen molar-refractivity contribution in [2.75, 3.05) is 7.11 Å². The SMILES string of the molecule is C=C(C)C(CC=C(C)C)Cc1c(O)cc(OC)c(C(=O)/C=C/c2cc(O)cc(O)c2)c1O. The Bertz CT molecular complexity index is 1050. The largest absolute Gasteiger partial charge is 0.508 e. The molecule has 0 aliphatic carbocycles. The van der Waals surface area contributed by atoms with Gasteiger partial charge in [0.2, 0.25) is 0 Å². The van der Waals surface area contributed by atoms with E-state index in [1.165, 1.54) is 43.5 Å². The Labute approximate surface area is 188 Å². The molecular formula is C26H30O6. The van der Waals surface area contributed by atoms with Crippen LogP contribution >= 0.6 is 0 Å². The maximum Gasteiger partial charge on any atom is 0.193 e. The molecule has 1 atom stereocenters. The van der Waals surface area contributed by atoms with Gasteiger partial charge in [0, 0.05) is 17.7 Å². The van der Waals surface area contributed by atoms with Crippen LogP contribution in [0.15, 0.2) is 54.1 Å². The molecule has 32 heavy (non-hydrogen) atoms. The number of carbonyl (C=O) groups excluding carboxylic acids is 1. The maximum atomic E-state index is 12.9. The Kier molecular flexibility index (Phi) is 8.13. The van der Waals surface area contributed by atoms with Crippen molar-refractivity contribution in [2.45, 2.75) is 33.6 Å². The molecule has 0 amide bonds. The van der Waals surface area contributed by atoms with Gasteiger partial charge in [-0.1, -0.05) is 29.9 Å². The summed E-state index contributed by atoms with van der Waals surface area (Å²) in [5.41, 5.74) is 2.61. The fourth-order valence-corrected chi connectivity index (χ4v) is 3.33. The van der Waals surface area contributed by atoms with Crippen molar-refractivity contribution in [1.82, 2.24) is 0 Å². The van der Waals surface area contributed by atoms with Gasteiger partial charge in [-0.2, -0.15) is 0 Å². The standard InChI is InChI=1S/C26H30O6/c1-15(2)6-8-18(16(3)4)12-21-23(30)14-24(32-5)25(26(21)31)22(29)9-7-17-10-19(27)13-20(28)11-17/h6-7,9-11,13-14,18,27-28,30-31H,3,8,12H2,1-2,4-5H3/b9-7+. The summed E-state index contributed by atoms with van der Waals surface area (Å²) in [6.45, 7) is 9.90. The van der Waals surface area contributed by atoms with Crippen molar-refractivity contribution in [3.05, 3.63) is 70.8 Å². The zero-order valence-electron chi connectivity index (χ0n) is 18.8. The number of allylic oxidation sites excluding steroid dienone is 4. The summed E-state index contributed by atoms with van der Waals surface area (Å²) in [4.78, 5) is 12.9.